The number of amides is 1. The van der Waals surface area contributed by atoms with Gasteiger partial charge in [0.15, 0.2) is 0 Å². The predicted molar refractivity (Wildman–Crippen MR) is 102 cm³/mol. The van der Waals surface area contributed by atoms with Crippen LogP contribution < -0.4 is 5.32 Å². The number of rotatable bonds is 6. The smallest absolute Gasteiger partial charge is 0.307 e. The number of carbonyl (C=O) groups is 2. The molecule has 0 aliphatic heterocycles. The van der Waals surface area contributed by atoms with Gasteiger partial charge < -0.3 is 10.4 Å². The van der Waals surface area contributed by atoms with E-state index >= 15 is 0 Å². The molecule has 2 bridgehead atoms. The van der Waals surface area contributed by atoms with E-state index in [1.807, 2.05) is 43.0 Å². The Morgan fingerprint density at radius 3 is 2.56 bits per heavy atom. The predicted octanol–water partition coefficient (Wildman–Crippen LogP) is 4.10. The summed E-state index contributed by atoms with van der Waals surface area (Å²) < 4.78 is 0. The topological polar surface area (TPSA) is 66.4 Å². The molecule has 4 unspecified atom stereocenters. The SMILES string of the molecule is Cc1c(CSC(C)C)cccc1NC(=O)C1C2C=CC(C2)C1C(=O)O. The molecule has 0 spiro atoms. The van der Waals surface area contributed by atoms with E-state index in [1.54, 1.807) is 0 Å². The monoisotopic (exact) mass is 359 g/mol. The van der Waals surface area contributed by atoms with Gasteiger partial charge in [0, 0.05) is 11.4 Å². The van der Waals surface area contributed by atoms with E-state index in [1.165, 1.54) is 5.56 Å². The first-order valence-electron chi connectivity index (χ1n) is 8.80. The molecule has 0 saturated heterocycles. The maximum absolute atomic E-state index is 12.8. The van der Waals surface area contributed by atoms with Gasteiger partial charge in [-0.15, -0.1) is 0 Å². The van der Waals surface area contributed by atoms with Gasteiger partial charge in [-0.1, -0.05) is 38.1 Å². The third-order valence-electron chi connectivity index (χ3n) is 5.32. The Balaban J connectivity index is 1.76. The number of hydrogen-bond acceptors (Lipinski definition) is 3. The zero-order valence-electron chi connectivity index (χ0n) is 14.9. The minimum Gasteiger partial charge on any atom is -0.481 e. The van der Waals surface area contributed by atoms with Gasteiger partial charge in [-0.25, -0.2) is 0 Å². The Morgan fingerprint density at radius 1 is 1.24 bits per heavy atom. The van der Waals surface area contributed by atoms with E-state index in [0.717, 1.165) is 23.4 Å². The number of thioether (sulfide) groups is 1. The highest BCUT2D eigenvalue weighted by molar-refractivity contribution is 7.99. The van der Waals surface area contributed by atoms with E-state index in [4.69, 9.17) is 0 Å². The van der Waals surface area contributed by atoms with Gasteiger partial charge in [0.1, 0.15) is 0 Å². The van der Waals surface area contributed by atoms with Crippen LogP contribution in [0.4, 0.5) is 5.69 Å². The van der Waals surface area contributed by atoms with Crippen molar-refractivity contribution in [2.24, 2.45) is 23.7 Å². The van der Waals surface area contributed by atoms with Crippen molar-refractivity contribution in [2.45, 2.75) is 38.2 Å². The van der Waals surface area contributed by atoms with Crippen LogP contribution in [0.2, 0.25) is 0 Å². The van der Waals surface area contributed by atoms with Gasteiger partial charge in [-0.2, -0.15) is 11.8 Å². The van der Waals surface area contributed by atoms with Crippen LogP contribution in [0, 0.1) is 30.6 Å². The second-order valence-electron chi connectivity index (χ2n) is 7.28. The molecule has 1 saturated carbocycles. The molecule has 1 fully saturated rings. The fraction of sp³-hybridized carbons (Fsp3) is 0.500. The maximum atomic E-state index is 12.8. The fourth-order valence-corrected chi connectivity index (χ4v) is 4.79. The number of carboxylic acids is 1. The largest absolute Gasteiger partial charge is 0.481 e. The molecule has 1 amide bonds. The van der Waals surface area contributed by atoms with Crippen molar-refractivity contribution >= 4 is 29.3 Å². The quantitative estimate of drug-likeness (QED) is 0.751. The fourth-order valence-electron chi connectivity index (χ4n) is 3.96. The normalized spacial score (nSPS) is 27.0. The van der Waals surface area contributed by atoms with Crippen LogP contribution in [0.3, 0.4) is 0 Å². The Morgan fingerprint density at radius 2 is 1.92 bits per heavy atom. The second-order valence-corrected chi connectivity index (χ2v) is 8.84. The average Bonchev–Trinajstić information content (AvgIpc) is 3.16. The summed E-state index contributed by atoms with van der Waals surface area (Å²) in [7, 11) is 0. The minimum atomic E-state index is -0.865. The van der Waals surface area contributed by atoms with E-state index in [0.29, 0.717) is 5.25 Å². The van der Waals surface area contributed by atoms with E-state index < -0.39 is 17.8 Å². The molecule has 25 heavy (non-hydrogen) atoms. The molecule has 0 radical (unpaired) electrons. The number of fused-ring (bicyclic) bond motifs is 2. The molecule has 5 heteroatoms. The summed E-state index contributed by atoms with van der Waals surface area (Å²) in [4.78, 5) is 24.4. The molecule has 4 atom stereocenters. The first-order valence-corrected chi connectivity index (χ1v) is 9.85. The third-order valence-corrected chi connectivity index (χ3v) is 6.47. The Bertz CT molecular complexity index is 713. The number of anilines is 1. The summed E-state index contributed by atoms with van der Waals surface area (Å²) >= 11 is 1.87. The number of benzene rings is 1. The standard InChI is InChI=1S/C20H25NO3S/c1-11(2)25-10-15-5-4-6-16(12(15)3)21-19(22)17-13-7-8-14(9-13)18(17)20(23)24/h4-8,11,13-14,17-18H,9-10H2,1-3H3,(H,21,22)(H,23,24). The Labute approximate surface area is 153 Å². The lowest BCUT2D eigenvalue weighted by Crippen LogP contribution is -2.36. The van der Waals surface area contributed by atoms with Gasteiger partial charge in [0.25, 0.3) is 0 Å². The van der Waals surface area contributed by atoms with E-state index in [-0.39, 0.29) is 17.7 Å². The van der Waals surface area contributed by atoms with Crippen molar-refractivity contribution in [2.75, 3.05) is 5.32 Å². The summed E-state index contributed by atoms with van der Waals surface area (Å²) in [5.74, 6) is -1.16. The van der Waals surface area contributed by atoms with E-state index in [9.17, 15) is 14.7 Å². The molecular formula is C20H25NO3S. The molecule has 2 aliphatic rings. The van der Waals surface area contributed by atoms with Crippen molar-refractivity contribution in [1.82, 2.24) is 0 Å². The number of hydrogen-bond donors (Lipinski definition) is 2. The Kier molecular flexibility index (Phi) is 5.23. The van der Waals surface area contributed by atoms with Crippen LogP contribution in [0.1, 0.15) is 31.4 Å². The first kappa shape index (κ1) is 18.1. The van der Waals surface area contributed by atoms with Gasteiger partial charge in [-0.3, -0.25) is 9.59 Å². The number of nitrogens with one attached hydrogen (secondary N) is 1. The van der Waals surface area contributed by atoms with E-state index in [2.05, 4.69) is 25.2 Å². The van der Waals surface area contributed by atoms with Crippen LogP contribution in [0.15, 0.2) is 30.4 Å². The summed E-state index contributed by atoms with van der Waals surface area (Å²) in [6.45, 7) is 6.35. The molecule has 3 rings (SSSR count). The molecule has 4 nitrogen and oxygen atoms in total. The molecule has 1 aromatic carbocycles. The maximum Gasteiger partial charge on any atom is 0.307 e. The van der Waals surface area contributed by atoms with Gasteiger partial charge in [0.05, 0.1) is 11.8 Å². The minimum absolute atomic E-state index is 0.00637. The van der Waals surface area contributed by atoms with Crippen molar-refractivity contribution in [3.8, 4) is 0 Å². The van der Waals surface area contributed by atoms with Crippen LogP contribution in [0.25, 0.3) is 0 Å². The summed E-state index contributed by atoms with van der Waals surface area (Å²) in [5, 5.41) is 13.1. The molecule has 134 valence electrons. The van der Waals surface area contributed by atoms with Crippen molar-refractivity contribution in [3.63, 3.8) is 0 Å². The van der Waals surface area contributed by atoms with Gasteiger partial charge in [0.2, 0.25) is 5.91 Å². The molecule has 2 N–H and O–H groups in total. The molecular weight excluding hydrogens is 334 g/mol. The van der Waals surface area contributed by atoms with Crippen molar-refractivity contribution in [3.05, 3.63) is 41.5 Å². The first-order chi connectivity index (χ1) is 11.9. The summed E-state index contributed by atoms with van der Waals surface area (Å²) in [6, 6.07) is 5.94. The average molecular weight is 359 g/mol. The summed E-state index contributed by atoms with van der Waals surface area (Å²) in [6.07, 6.45) is 4.75. The second kappa shape index (κ2) is 7.24. The van der Waals surface area contributed by atoms with Gasteiger partial charge >= 0.3 is 5.97 Å². The highest BCUT2D eigenvalue weighted by Gasteiger charge is 2.51. The third kappa shape index (κ3) is 3.61. The zero-order chi connectivity index (χ0) is 18.1. The molecule has 0 heterocycles. The highest BCUT2D eigenvalue weighted by atomic mass is 32.2. The number of aliphatic carboxylic acids is 1. The van der Waals surface area contributed by atoms with Crippen LogP contribution in [0.5, 0.6) is 0 Å². The molecule has 2 aliphatic carbocycles. The lowest BCUT2D eigenvalue weighted by molar-refractivity contribution is -0.146. The summed E-state index contributed by atoms with van der Waals surface area (Å²) in [5.41, 5.74) is 3.07. The van der Waals surface area contributed by atoms with Crippen LogP contribution >= 0.6 is 11.8 Å². The molecule has 1 aromatic rings. The number of carboxylic acid groups (broad SMARTS) is 1. The highest BCUT2D eigenvalue weighted by Crippen LogP contribution is 2.48. The Hall–Kier alpha value is -1.75. The zero-order valence-corrected chi connectivity index (χ0v) is 15.7. The van der Waals surface area contributed by atoms with Crippen LogP contribution in [-0.2, 0) is 15.3 Å². The van der Waals surface area contributed by atoms with Gasteiger partial charge in [-0.05, 0) is 47.6 Å². The van der Waals surface area contributed by atoms with Crippen molar-refractivity contribution < 1.29 is 14.7 Å². The lowest BCUT2D eigenvalue weighted by atomic mass is 9.82. The van der Waals surface area contributed by atoms with Crippen molar-refractivity contribution in [1.29, 1.82) is 0 Å². The van der Waals surface area contributed by atoms with Crippen LogP contribution in [-0.4, -0.2) is 22.2 Å². The number of carbonyl (C=O) groups excluding carboxylic acids is 1. The molecule has 0 aromatic heterocycles. The lowest BCUT2D eigenvalue weighted by Gasteiger charge is -2.24. The number of allylic oxidation sites excluding steroid dienone is 2.